The van der Waals surface area contributed by atoms with E-state index in [1.165, 1.54) is 20.8 Å². The number of aliphatic hydroxyl groups excluding tert-OH is 3. The number of aryl methyl sites for hydroxylation is 1. The van der Waals surface area contributed by atoms with E-state index >= 15 is 0 Å². The first-order chi connectivity index (χ1) is 42.5. The summed E-state index contributed by atoms with van der Waals surface area (Å²) in [6.07, 6.45) is -3.28. The predicted octanol–water partition coefficient (Wildman–Crippen LogP) is 5.74. The van der Waals surface area contributed by atoms with Gasteiger partial charge in [-0.15, -0.1) is 5.10 Å². The third-order valence-corrected chi connectivity index (χ3v) is 23.0. The highest BCUT2D eigenvalue weighted by molar-refractivity contribution is 5.97. The Labute approximate surface area is 519 Å². The first-order valence-electron chi connectivity index (χ1n) is 31.5. The third-order valence-electron chi connectivity index (χ3n) is 23.0. The van der Waals surface area contributed by atoms with Crippen LogP contribution in [0.4, 0.5) is 0 Å². The van der Waals surface area contributed by atoms with Gasteiger partial charge in [-0.2, -0.15) is 0 Å². The first kappa shape index (κ1) is 60.5. The van der Waals surface area contributed by atoms with Gasteiger partial charge in [0.2, 0.25) is 11.7 Å². The van der Waals surface area contributed by atoms with E-state index in [2.05, 4.69) is 15.6 Å². The number of nitrogens with one attached hydrogen (secondary N) is 1. The molecule has 23 heteroatoms. The molecule has 0 radical (unpaired) electrons. The van der Waals surface area contributed by atoms with Crippen molar-refractivity contribution in [3.05, 3.63) is 94.8 Å². The van der Waals surface area contributed by atoms with Crippen molar-refractivity contribution in [2.24, 2.45) is 63.1 Å². The number of aromatic nitrogens is 3. The van der Waals surface area contributed by atoms with E-state index in [9.17, 15) is 49.2 Å². The number of hydrogen-bond acceptors (Lipinski definition) is 21. The topological polar surface area (TPSA) is 316 Å². The van der Waals surface area contributed by atoms with E-state index in [1.807, 2.05) is 39.0 Å². The van der Waals surface area contributed by atoms with Gasteiger partial charge in [-0.05, 0) is 108 Å². The van der Waals surface area contributed by atoms with Gasteiger partial charge in [0.1, 0.15) is 59.7 Å². The van der Waals surface area contributed by atoms with Crippen molar-refractivity contribution in [2.45, 2.75) is 193 Å². The minimum absolute atomic E-state index is 0.0732. The Morgan fingerprint density at radius 1 is 0.800 bits per heavy atom. The van der Waals surface area contributed by atoms with Gasteiger partial charge in [0.05, 0.1) is 53.0 Å². The second-order valence-electron chi connectivity index (χ2n) is 28.8. The van der Waals surface area contributed by atoms with E-state index in [-0.39, 0.29) is 30.8 Å². The zero-order valence-electron chi connectivity index (χ0n) is 52.0. The Hall–Kier alpha value is -7.02. The molecule has 480 valence electrons. The summed E-state index contributed by atoms with van der Waals surface area (Å²) >= 11 is 0. The lowest BCUT2D eigenvalue weighted by Crippen LogP contribution is -2.76. The number of epoxide rings is 2. The quantitative estimate of drug-likeness (QED) is 0.0330. The van der Waals surface area contributed by atoms with Gasteiger partial charge in [0.15, 0.2) is 11.2 Å². The summed E-state index contributed by atoms with van der Waals surface area (Å²) in [7, 11) is 0. The number of fused-ring (bicyclic) bond motifs is 15. The molecule has 22 atom stereocenters. The molecule has 3 unspecified atom stereocenters. The van der Waals surface area contributed by atoms with Gasteiger partial charge < -0.3 is 68.4 Å². The summed E-state index contributed by atoms with van der Waals surface area (Å²) in [4.78, 5) is 81.1. The summed E-state index contributed by atoms with van der Waals surface area (Å²) < 4.78 is 57.5. The third kappa shape index (κ3) is 8.42. The normalized spacial score (nSPS) is 40.6. The number of esters is 5. The summed E-state index contributed by atoms with van der Waals surface area (Å²) in [5.74, 6) is -9.36. The van der Waals surface area contributed by atoms with Gasteiger partial charge in [-0.3, -0.25) is 23.9 Å². The van der Waals surface area contributed by atoms with Crippen LogP contribution in [-0.2, 0) is 71.1 Å². The SMILES string of the molecule is CC(=O)O[C@H]1C2C([C@@H](O)[C@H](NC(=O)CCCCCCn3cc(COc4ccc5c(c4)Oc4cc(OC(=O)C(C)(C)C)ccc4C54OC(=O)c5ccccc54)nn3)[C@H]3C[C@@H]4O[C@@H]4[C@H](O)[C@]23C)[C@@H]2[C@@H](O)[C@@H]3[C@H]([C@H](C)[C@H]4O[C@]45OC(=O)[C@@](C)(O)[C@]35C)[C@@]2(C)[C@H]1OC(C)=O. The highest BCUT2D eigenvalue weighted by atomic mass is 16.8. The molecule has 5 N–H and O–H groups in total. The summed E-state index contributed by atoms with van der Waals surface area (Å²) in [5, 5.41) is 63.2. The minimum atomic E-state index is -2.15. The molecule has 6 heterocycles. The largest absolute Gasteiger partial charge is 0.487 e. The molecule has 4 aromatic rings. The number of benzene rings is 3. The van der Waals surface area contributed by atoms with Crippen molar-refractivity contribution in [1.29, 1.82) is 0 Å². The molecule has 3 aromatic carbocycles. The number of nitrogens with zero attached hydrogens (tertiary/aromatic N) is 3. The number of unbranched alkanes of at least 4 members (excludes halogenated alkanes) is 3. The first-order valence-corrected chi connectivity index (χ1v) is 31.5. The molecule has 14 rings (SSSR count). The maximum absolute atomic E-state index is 14.3. The van der Waals surface area contributed by atoms with Crippen LogP contribution in [0, 0.1) is 63.1 Å². The number of carbonyl (C=O) groups is 6. The minimum Gasteiger partial charge on any atom is -0.487 e. The molecular weight excluding hydrogens is 1160 g/mol. The Balaban J connectivity index is 0.644. The summed E-state index contributed by atoms with van der Waals surface area (Å²) in [6, 6.07) is 16.5. The lowest BCUT2D eigenvalue weighted by atomic mass is 9.40. The van der Waals surface area contributed by atoms with Crippen LogP contribution >= 0.6 is 0 Å². The molecule has 23 nitrogen and oxygen atoms in total. The fourth-order valence-corrected chi connectivity index (χ4v) is 18.9. The Bertz CT molecular complexity index is 3680. The number of hydrogen-bond donors (Lipinski definition) is 5. The van der Waals surface area contributed by atoms with Crippen molar-refractivity contribution in [2.75, 3.05) is 0 Å². The van der Waals surface area contributed by atoms with Gasteiger partial charge in [0.25, 0.3) is 0 Å². The Morgan fingerprint density at radius 2 is 1.49 bits per heavy atom. The average Bonchev–Trinajstić information content (AvgIpc) is 1.45. The molecule has 90 heavy (non-hydrogen) atoms. The van der Waals surface area contributed by atoms with Crippen LogP contribution in [0.1, 0.15) is 141 Å². The van der Waals surface area contributed by atoms with Crippen LogP contribution < -0.4 is 19.5 Å². The molecule has 5 aliphatic heterocycles. The summed E-state index contributed by atoms with van der Waals surface area (Å²) in [6.45, 7) is 17.0. The molecule has 3 saturated heterocycles. The fraction of sp³-hybridized carbons (Fsp3) is 0.612. The second-order valence-corrected chi connectivity index (χ2v) is 28.8. The molecule has 5 saturated carbocycles. The van der Waals surface area contributed by atoms with Gasteiger partial charge in [0, 0.05) is 84.2 Å². The number of aliphatic hydroxyl groups is 4. The molecule has 2 spiro atoms. The second kappa shape index (κ2) is 20.5. The molecule has 5 aliphatic carbocycles. The van der Waals surface area contributed by atoms with Gasteiger partial charge in [-0.25, -0.2) is 9.59 Å². The molecule has 8 fully saturated rings. The van der Waals surface area contributed by atoms with E-state index in [0.29, 0.717) is 71.0 Å². The van der Waals surface area contributed by atoms with Gasteiger partial charge >= 0.3 is 29.8 Å². The number of ether oxygens (including phenoxy) is 9. The zero-order valence-corrected chi connectivity index (χ0v) is 52.0. The Morgan fingerprint density at radius 3 is 2.20 bits per heavy atom. The molecule has 0 bridgehead atoms. The van der Waals surface area contributed by atoms with Gasteiger partial charge in [-0.1, -0.05) is 57.0 Å². The highest BCUT2D eigenvalue weighted by Gasteiger charge is 2.93. The predicted molar refractivity (Wildman–Crippen MR) is 310 cm³/mol. The van der Waals surface area contributed by atoms with Crippen molar-refractivity contribution in [3.63, 3.8) is 0 Å². The zero-order chi connectivity index (χ0) is 63.9. The molecule has 10 aliphatic rings. The average molecular weight is 1240 g/mol. The number of amides is 1. The van der Waals surface area contributed by atoms with Crippen LogP contribution in [0.15, 0.2) is 66.9 Å². The Kier molecular flexibility index (Phi) is 13.8. The monoisotopic (exact) mass is 1240 g/mol. The van der Waals surface area contributed by atoms with Crippen LogP contribution in [0.25, 0.3) is 0 Å². The smallest absolute Gasteiger partial charge is 0.341 e. The van der Waals surface area contributed by atoms with Crippen LogP contribution in [0.5, 0.6) is 23.0 Å². The maximum Gasteiger partial charge on any atom is 0.341 e. The fourth-order valence-electron chi connectivity index (χ4n) is 18.9. The maximum atomic E-state index is 14.3. The standard InChI is InChI=1S/C67H78N4O19/c1-30-46-49(64(9)65(10,81)60(80)90-67(64)56(30)88-67)52(76)47-45-48(54(83-31(2)72)57(63(46,47)8)84-32(3)73)62(7)40(27-43-53(87-43)55(62)77)50(51(45)75)68-44(74)19-13-11-12-16-24-71-28-33(69-70-71)29-82-34-20-22-38-41(25-34)86-42-26-35(85-59(79)61(4,5)6)21-23-39(42)66(38)37-18-15-14-17-36(37)58(78)89-66/h14-15,17-18,20-23,25-26,28,30,40,43,45-57,75-77,81H,11-13,16,19,24,27,29H2,1-10H3,(H,68,74)/t30-,40+,43-,45?,46-,47+,48?,49-,50+,51+,52+,53-,54-,55-,56+,57-,62-,63+,64-,65+,66?,67-/m0/s1. The van der Waals surface area contributed by atoms with Crippen molar-refractivity contribution in [1.82, 2.24) is 20.3 Å². The van der Waals surface area contributed by atoms with Crippen molar-refractivity contribution in [3.8, 4) is 23.0 Å². The van der Waals surface area contributed by atoms with Crippen LogP contribution in [0.3, 0.4) is 0 Å². The lowest BCUT2D eigenvalue weighted by molar-refractivity contribution is -0.285. The highest BCUT2D eigenvalue weighted by Crippen LogP contribution is 2.81. The van der Waals surface area contributed by atoms with E-state index < -0.39 is 159 Å². The molecule has 1 aromatic heterocycles. The van der Waals surface area contributed by atoms with Crippen molar-refractivity contribution < 1.29 is 91.8 Å². The number of carbonyl (C=O) groups excluding carboxylic acids is 6. The van der Waals surface area contributed by atoms with Crippen LogP contribution in [0.2, 0.25) is 0 Å². The van der Waals surface area contributed by atoms with Crippen LogP contribution in [-0.4, -0.2) is 137 Å². The lowest BCUT2D eigenvalue weighted by Gasteiger charge is -2.67. The van der Waals surface area contributed by atoms with E-state index in [0.717, 1.165) is 12.8 Å². The summed E-state index contributed by atoms with van der Waals surface area (Å²) in [5.41, 5.74) is -5.60. The van der Waals surface area contributed by atoms with E-state index in [1.54, 1.807) is 81.0 Å². The molecule has 1 amide bonds. The molecular formula is C67H78N4O19. The van der Waals surface area contributed by atoms with E-state index in [4.69, 9.17) is 42.6 Å². The van der Waals surface area contributed by atoms with Crippen molar-refractivity contribution >= 4 is 35.8 Å². The number of rotatable bonds is 14.